The van der Waals surface area contributed by atoms with Crippen LogP contribution < -0.4 is 5.32 Å². The fourth-order valence-electron chi connectivity index (χ4n) is 4.05. The van der Waals surface area contributed by atoms with Crippen molar-refractivity contribution in [1.29, 1.82) is 0 Å². The van der Waals surface area contributed by atoms with Crippen LogP contribution in [0.5, 0.6) is 0 Å². The van der Waals surface area contributed by atoms with Gasteiger partial charge in [0.1, 0.15) is 0 Å². The first-order chi connectivity index (χ1) is 15.1. The zero-order chi connectivity index (χ0) is 23.3. The Labute approximate surface area is 194 Å². The lowest BCUT2D eigenvalue weighted by atomic mass is 10.1. The molecule has 5 nitrogen and oxygen atoms in total. The SMILES string of the molecule is CCCCCCCCCCCCC[NH2+]CCCCCCCCCCCCC.O=[N+]([O-])[O-]. The summed E-state index contributed by atoms with van der Waals surface area (Å²) < 4.78 is 0. The molecule has 0 unspecified atom stereocenters. The highest BCUT2D eigenvalue weighted by Gasteiger charge is 1.96. The monoisotopic (exact) mass is 444 g/mol. The van der Waals surface area contributed by atoms with E-state index in [-0.39, 0.29) is 0 Å². The van der Waals surface area contributed by atoms with Crippen LogP contribution in [0.3, 0.4) is 0 Å². The molecular formula is C26H56N2O3. The van der Waals surface area contributed by atoms with Crippen LogP contribution in [0.1, 0.15) is 155 Å². The Morgan fingerprint density at radius 2 is 0.645 bits per heavy atom. The van der Waals surface area contributed by atoms with E-state index < -0.39 is 5.09 Å². The second-order valence-corrected chi connectivity index (χ2v) is 9.16. The number of unbranched alkanes of at least 4 members (excludes halogenated alkanes) is 20. The van der Waals surface area contributed by atoms with Gasteiger partial charge in [0.25, 0.3) is 0 Å². The maximum atomic E-state index is 8.25. The summed E-state index contributed by atoms with van der Waals surface area (Å²) in [5, 5.41) is 17.3. The highest BCUT2D eigenvalue weighted by Crippen LogP contribution is 2.12. The second kappa shape index (κ2) is 31.3. The van der Waals surface area contributed by atoms with E-state index in [1.807, 2.05) is 0 Å². The fourth-order valence-corrected chi connectivity index (χ4v) is 4.05. The van der Waals surface area contributed by atoms with Gasteiger partial charge in [-0.1, -0.05) is 129 Å². The Hall–Kier alpha value is -0.840. The molecule has 0 aromatic carbocycles. The zero-order valence-electron chi connectivity index (χ0n) is 21.2. The molecule has 0 aliphatic carbocycles. The van der Waals surface area contributed by atoms with Crippen LogP contribution in [0.4, 0.5) is 0 Å². The standard InChI is InChI=1S/C26H55N.NO3/c1-3-5-7-9-11-13-15-17-19-21-23-25-27-26-24-22-20-18-16-14-12-10-8-6-4-2;2-1(3)4/h27H,3-26H2,1-2H3;/q;-1/p+1. The van der Waals surface area contributed by atoms with Crippen LogP contribution in [0.25, 0.3) is 0 Å². The molecule has 2 N–H and O–H groups in total. The van der Waals surface area contributed by atoms with Gasteiger partial charge in [0.15, 0.2) is 0 Å². The molecule has 0 amide bonds. The predicted octanol–water partition coefficient (Wildman–Crippen LogP) is 7.93. The summed E-state index contributed by atoms with van der Waals surface area (Å²) in [5.41, 5.74) is 0. The molecule has 188 valence electrons. The molecule has 0 aromatic rings. The van der Waals surface area contributed by atoms with Crippen molar-refractivity contribution < 1.29 is 10.4 Å². The fraction of sp³-hybridized carbons (Fsp3) is 1.00. The number of nitrogens with zero attached hydrogens (tertiary/aromatic N) is 1. The van der Waals surface area contributed by atoms with Crippen LogP contribution >= 0.6 is 0 Å². The van der Waals surface area contributed by atoms with E-state index in [2.05, 4.69) is 19.2 Å². The van der Waals surface area contributed by atoms with E-state index in [1.54, 1.807) is 0 Å². The lowest BCUT2D eigenvalue weighted by molar-refractivity contribution is -0.655. The van der Waals surface area contributed by atoms with Crippen molar-refractivity contribution in [2.75, 3.05) is 13.1 Å². The average Bonchev–Trinajstić information content (AvgIpc) is 2.74. The van der Waals surface area contributed by atoms with Crippen molar-refractivity contribution in [2.45, 2.75) is 155 Å². The van der Waals surface area contributed by atoms with Gasteiger partial charge in [0.05, 0.1) is 18.2 Å². The number of rotatable bonds is 24. The van der Waals surface area contributed by atoms with Gasteiger partial charge < -0.3 is 20.6 Å². The topological polar surface area (TPSA) is 82.8 Å². The third kappa shape index (κ3) is 40.1. The summed E-state index contributed by atoms with van der Waals surface area (Å²) in [6.45, 7) is 7.34. The van der Waals surface area contributed by atoms with E-state index >= 15 is 0 Å². The third-order valence-corrected chi connectivity index (χ3v) is 6.02. The van der Waals surface area contributed by atoms with Crippen molar-refractivity contribution in [3.05, 3.63) is 15.3 Å². The average molecular weight is 445 g/mol. The van der Waals surface area contributed by atoms with E-state index in [0.717, 1.165) is 0 Å². The largest absolute Gasteiger partial charge is 0.356 e. The molecule has 0 atom stereocenters. The minimum absolute atomic E-state index is 1.37. The highest BCUT2D eigenvalue weighted by atomic mass is 16.9. The first-order valence-corrected chi connectivity index (χ1v) is 13.8. The van der Waals surface area contributed by atoms with Crippen LogP contribution in [-0.2, 0) is 0 Å². The van der Waals surface area contributed by atoms with Gasteiger partial charge >= 0.3 is 0 Å². The molecule has 0 spiro atoms. The van der Waals surface area contributed by atoms with E-state index in [1.165, 1.54) is 154 Å². The minimum atomic E-state index is -1.75. The lowest BCUT2D eigenvalue weighted by Gasteiger charge is -2.04. The second-order valence-electron chi connectivity index (χ2n) is 9.16. The molecule has 0 aliphatic heterocycles. The first-order valence-electron chi connectivity index (χ1n) is 13.8. The number of hydrogen-bond acceptors (Lipinski definition) is 3. The number of hydrogen-bond donors (Lipinski definition) is 1. The van der Waals surface area contributed by atoms with E-state index in [0.29, 0.717) is 0 Å². The quantitative estimate of drug-likeness (QED) is 0.0931. The Morgan fingerprint density at radius 1 is 0.452 bits per heavy atom. The van der Waals surface area contributed by atoms with Gasteiger partial charge in [0.2, 0.25) is 0 Å². The summed E-state index contributed by atoms with van der Waals surface area (Å²) in [5.74, 6) is 0. The van der Waals surface area contributed by atoms with Gasteiger partial charge in [-0.15, -0.1) is 0 Å². The summed E-state index contributed by atoms with van der Waals surface area (Å²) in [6, 6.07) is 0. The molecule has 0 aromatic heterocycles. The molecule has 0 rings (SSSR count). The molecule has 0 fully saturated rings. The predicted molar refractivity (Wildman–Crippen MR) is 135 cm³/mol. The van der Waals surface area contributed by atoms with Crippen molar-refractivity contribution in [1.82, 2.24) is 0 Å². The minimum Gasteiger partial charge on any atom is -0.356 e. The Bertz CT molecular complexity index is 300. The molecule has 0 radical (unpaired) electrons. The normalized spacial score (nSPS) is 10.6. The van der Waals surface area contributed by atoms with Crippen LogP contribution in [-0.4, -0.2) is 18.2 Å². The van der Waals surface area contributed by atoms with E-state index in [4.69, 9.17) is 15.3 Å². The van der Waals surface area contributed by atoms with Gasteiger partial charge in [-0.2, -0.15) is 0 Å². The van der Waals surface area contributed by atoms with Crippen molar-refractivity contribution in [2.24, 2.45) is 0 Å². The summed E-state index contributed by atoms with van der Waals surface area (Å²) in [4.78, 5) is 8.25. The van der Waals surface area contributed by atoms with Gasteiger partial charge in [-0.3, -0.25) is 0 Å². The highest BCUT2D eigenvalue weighted by molar-refractivity contribution is 4.49. The smallest absolute Gasteiger partial charge is 0.0755 e. The van der Waals surface area contributed by atoms with Crippen molar-refractivity contribution in [3.63, 3.8) is 0 Å². The summed E-state index contributed by atoms with van der Waals surface area (Å²) >= 11 is 0. The molecule has 0 heterocycles. The Kier molecular flexibility index (Phi) is 32.7. The molecule has 0 saturated heterocycles. The molecule has 0 bridgehead atoms. The number of quaternary nitrogens is 1. The van der Waals surface area contributed by atoms with E-state index in [9.17, 15) is 0 Å². The zero-order valence-corrected chi connectivity index (χ0v) is 21.2. The lowest BCUT2D eigenvalue weighted by Crippen LogP contribution is -2.84. The third-order valence-electron chi connectivity index (χ3n) is 6.02. The van der Waals surface area contributed by atoms with Gasteiger partial charge in [0, 0.05) is 0 Å². The van der Waals surface area contributed by atoms with Crippen LogP contribution in [0, 0.1) is 15.3 Å². The molecule has 0 aliphatic rings. The Morgan fingerprint density at radius 3 is 0.871 bits per heavy atom. The summed E-state index contributed by atoms with van der Waals surface area (Å²) in [6.07, 6.45) is 32.1. The van der Waals surface area contributed by atoms with Crippen molar-refractivity contribution >= 4 is 0 Å². The Balaban J connectivity index is 0. The number of nitrogens with two attached hydrogens (primary N) is 1. The summed E-state index contributed by atoms with van der Waals surface area (Å²) in [7, 11) is 0. The maximum absolute atomic E-state index is 8.25. The molecule has 5 heteroatoms. The van der Waals surface area contributed by atoms with Crippen molar-refractivity contribution in [3.8, 4) is 0 Å². The molecule has 0 saturated carbocycles. The first kappa shape index (κ1) is 32.3. The molecule has 31 heavy (non-hydrogen) atoms. The van der Waals surface area contributed by atoms with Crippen LogP contribution in [0.15, 0.2) is 0 Å². The van der Waals surface area contributed by atoms with Crippen LogP contribution in [0.2, 0.25) is 0 Å². The maximum Gasteiger partial charge on any atom is 0.0755 e. The van der Waals surface area contributed by atoms with Gasteiger partial charge in [-0.25, -0.2) is 0 Å². The van der Waals surface area contributed by atoms with Gasteiger partial charge in [-0.05, 0) is 25.7 Å². The molecular weight excluding hydrogens is 388 g/mol.